The van der Waals surface area contributed by atoms with Crippen molar-refractivity contribution in [2.24, 2.45) is 0 Å². The quantitative estimate of drug-likeness (QED) is 0.633. The number of amides is 1. The van der Waals surface area contributed by atoms with Crippen LogP contribution in [-0.4, -0.2) is 25.2 Å². The van der Waals surface area contributed by atoms with E-state index in [-0.39, 0.29) is 11.6 Å². The van der Waals surface area contributed by atoms with Crippen LogP contribution >= 0.6 is 0 Å². The van der Waals surface area contributed by atoms with Crippen LogP contribution in [0.4, 0.5) is 10.1 Å². The minimum Gasteiger partial charge on any atom is -0.396 e. The number of hydrogen-bond donors (Lipinski definition) is 2. The van der Waals surface area contributed by atoms with E-state index in [9.17, 15) is 9.18 Å². The second-order valence-corrected chi connectivity index (χ2v) is 4.77. The number of nitrogens with two attached hydrogens (primary N) is 1. The highest BCUT2D eigenvalue weighted by molar-refractivity contribution is 5.94. The van der Waals surface area contributed by atoms with E-state index >= 15 is 0 Å². The van der Waals surface area contributed by atoms with Crippen molar-refractivity contribution < 1.29 is 13.9 Å². The van der Waals surface area contributed by atoms with Crippen LogP contribution in [0.1, 0.15) is 36.0 Å². The number of nitrogen functional groups attached to an aromatic ring is 1. The summed E-state index contributed by atoms with van der Waals surface area (Å²) in [4.78, 5) is 11.8. The third kappa shape index (κ3) is 3.92. The molecule has 0 aromatic heterocycles. The Balaban J connectivity index is 1.72. The third-order valence-electron chi connectivity index (χ3n) is 3.30. The molecule has 19 heavy (non-hydrogen) atoms. The van der Waals surface area contributed by atoms with Crippen LogP contribution < -0.4 is 11.1 Å². The summed E-state index contributed by atoms with van der Waals surface area (Å²) in [5, 5.41) is 2.73. The van der Waals surface area contributed by atoms with Gasteiger partial charge in [0.2, 0.25) is 0 Å². The topological polar surface area (TPSA) is 64.4 Å². The molecule has 1 aliphatic carbocycles. The Labute approximate surface area is 112 Å². The predicted octanol–water partition coefficient (Wildman–Crippen LogP) is 2.10. The molecule has 0 heterocycles. The van der Waals surface area contributed by atoms with Crippen molar-refractivity contribution in [1.29, 1.82) is 0 Å². The van der Waals surface area contributed by atoms with Gasteiger partial charge in [-0.3, -0.25) is 4.79 Å². The first-order valence-corrected chi connectivity index (χ1v) is 6.61. The lowest BCUT2D eigenvalue weighted by molar-refractivity contribution is 0.0582. The fourth-order valence-electron chi connectivity index (χ4n) is 2.23. The number of rotatable bonds is 5. The summed E-state index contributed by atoms with van der Waals surface area (Å²) < 4.78 is 18.6. The molecule has 1 aliphatic rings. The van der Waals surface area contributed by atoms with Crippen LogP contribution in [0.3, 0.4) is 0 Å². The van der Waals surface area contributed by atoms with Crippen LogP contribution in [-0.2, 0) is 4.74 Å². The summed E-state index contributed by atoms with van der Waals surface area (Å²) in [6.07, 6.45) is 5.03. The smallest absolute Gasteiger partial charge is 0.251 e. The van der Waals surface area contributed by atoms with Crippen LogP contribution in [0.5, 0.6) is 0 Å². The van der Waals surface area contributed by atoms with E-state index in [1.807, 2.05) is 0 Å². The third-order valence-corrected chi connectivity index (χ3v) is 3.30. The van der Waals surface area contributed by atoms with Gasteiger partial charge in [-0.25, -0.2) is 4.39 Å². The monoisotopic (exact) mass is 266 g/mol. The van der Waals surface area contributed by atoms with Crippen LogP contribution in [0.25, 0.3) is 0 Å². The van der Waals surface area contributed by atoms with E-state index in [1.165, 1.54) is 31.0 Å². The number of carbonyl (C=O) groups excluding carboxylic acids is 1. The van der Waals surface area contributed by atoms with Crippen molar-refractivity contribution >= 4 is 11.6 Å². The molecular formula is C14H19FN2O2. The van der Waals surface area contributed by atoms with Gasteiger partial charge in [0.15, 0.2) is 0 Å². The normalized spacial score (nSPS) is 15.6. The van der Waals surface area contributed by atoms with E-state index in [0.717, 1.165) is 12.8 Å². The molecule has 0 unspecified atom stereocenters. The van der Waals surface area contributed by atoms with E-state index in [0.29, 0.717) is 24.8 Å². The minimum atomic E-state index is -0.513. The molecule has 1 saturated carbocycles. The zero-order valence-corrected chi connectivity index (χ0v) is 10.8. The van der Waals surface area contributed by atoms with Gasteiger partial charge in [-0.05, 0) is 31.0 Å². The van der Waals surface area contributed by atoms with E-state index in [2.05, 4.69) is 5.32 Å². The second-order valence-electron chi connectivity index (χ2n) is 4.77. The maximum absolute atomic E-state index is 13.0. The molecule has 0 bridgehead atoms. The number of hydrogen-bond acceptors (Lipinski definition) is 3. The number of nitrogens with one attached hydrogen (secondary N) is 1. The number of benzene rings is 1. The summed E-state index contributed by atoms with van der Waals surface area (Å²) >= 11 is 0. The molecule has 5 heteroatoms. The lowest BCUT2D eigenvalue weighted by atomic mass is 10.2. The summed E-state index contributed by atoms with van der Waals surface area (Å²) in [6.45, 7) is 0.958. The Morgan fingerprint density at radius 2 is 2.16 bits per heavy atom. The Hall–Kier alpha value is -1.62. The average molecular weight is 266 g/mol. The van der Waals surface area contributed by atoms with Gasteiger partial charge in [0.1, 0.15) is 5.82 Å². The maximum atomic E-state index is 13.0. The summed E-state index contributed by atoms with van der Waals surface area (Å²) in [5.41, 5.74) is 5.76. The molecule has 0 atom stereocenters. The minimum absolute atomic E-state index is 0.0187. The van der Waals surface area contributed by atoms with Crippen LogP contribution in [0.2, 0.25) is 0 Å². The lowest BCUT2D eigenvalue weighted by Gasteiger charge is -2.11. The molecule has 4 nitrogen and oxygen atoms in total. The summed E-state index contributed by atoms with van der Waals surface area (Å²) in [7, 11) is 0. The van der Waals surface area contributed by atoms with Gasteiger partial charge < -0.3 is 15.8 Å². The maximum Gasteiger partial charge on any atom is 0.251 e. The number of halogens is 1. The van der Waals surface area contributed by atoms with Gasteiger partial charge in [0, 0.05) is 12.1 Å². The molecule has 0 saturated heterocycles. The molecule has 0 aliphatic heterocycles. The van der Waals surface area contributed by atoms with Crippen molar-refractivity contribution in [2.75, 3.05) is 18.9 Å². The molecule has 104 valence electrons. The van der Waals surface area contributed by atoms with Crippen molar-refractivity contribution in [2.45, 2.75) is 31.8 Å². The fraction of sp³-hybridized carbons (Fsp3) is 0.500. The molecule has 1 aromatic rings. The zero-order chi connectivity index (χ0) is 13.7. The highest BCUT2D eigenvalue weighted by Crippen LogP contribution is 2.20. The van der Waals surface area contributed by atoms with Gasteiger partial charge in [-0.1, -0.05) is 12.8 Å². The molecule has 2 rings (SSSR count). The van der Waals surface area contributed by atoms with Gasteiger partial charge in [0.25, 0.3) is 5.91 Å². The first kappa shape index (κ1) is 13.8. The largest absolute Gasteiger partial charge is 0.396 e. The molecule has 1 amide bonds. The summed E-state index contributed by atoms with van der Waals surface area (Å²) in [5.74, 6) is -0.775. The Morgan fingerprint density at radius 3 is 2.84 bits per heavy atom. The molecule has 3 N–H and O–H groups in total. The van der Waals surface area contributed by atoms with Crippen molar-refractivity contribution in [3.05, 3.63) is 29.6 Å². The van der Waals surface area contributed by atoms with Gasteiger partial charge in [-0.15, -0.1) is 0 Å². The first-order chi connectivity index (χ1) is 9.16. The van der Waals surface area contributed by atoms with E-state index in [4.69, 9.17) is 10.5 Å². The number of ether oxygens (including phenoxy) is 1. The Bertz CT molecular complexity index is 445. The lowest BCUT2D eigenvalue weighted by Crippen LogP contribution is -2.28. The number of carbonyl (C=O) groups is 1. The molecular weight excluding hydrogens is 247 g/mol. The van der Waals surface area contributed by atoms with E-state index < -0.39 is 5.82 Å². The zero-order valence-electron chi connectivity index (χ0n) is 10.8. The second kappa shape index (κ2) is 6.52. The van der Waals surface area contributed by atoms with Gasteiger partial charge >= 0.3 is 0 Å². The molecule has 1 aromatic carbocycles. The standard InChI is InChI=1S/C14H19FN2O2/c15-12-6-5-10(9-13(12)16)14(18)17-7-8-19-11-3-1-2-4-11/h5-6,9,11H,1-4,7-8,16H2,(H,17,18). The Kier molecular flexibility index (Phi) is 4.74. The van der Waals surface area contributed by atoms with Gasteiger partial charge in [-0.2, -0.15) is 0 Å². The summed E-state index contributed by atoms with van der Waals surface area (Å²) in [6, 6.07) is 3.95. The SMILES string of the molecule is Nc1cc(C(=O)NCCOC2CCCC2)ccc1F. The molecule has 1 fully saturated rings. The predicted molar refractivity (Wildman–Crippen MR) is 71.4 cm³/mol. The van der Waals surface area contributed by atoms with Crippen molar-refractivity contribution in [3.8, 4) is 0 Å². The first-order valence-electron chi connectivity index (χ1n) is 6.61. The highest BCUT2D eigenvalue weighted by Gasteiger charge is 2.15. The van der Waals surface area contributed by atoms with Crippen molar-refractivity contribution in [1.82, 2.24) is 5.32 Å². The highest BCUT2D eigenvalue weighted by atomic mass is 19.1. The fourth-order valence-corrected chi connectivity index (χ4v) is 2.23. The molecule has 0 radical (unpaired) electrons. The van der Waals surface area contributed by atoms with Crippen molar-refractivity contribution in [3.63, 3.8) is 0 Å². The Morgan fingerprint density at radius 1 is 1.42 bits per heavy atom. The molecule has 0 spiro atoms. The van der Waals surface area contributed by atoms with Crippen LogP contribution in [0.15, 0.2) is 18.2 Å². The van der Waals surface area contributed by atoms with Gasteiger partial charge in [0.05, 0.1) is 18.4 Å². The van der Waals surface area contributed by atoms with Crippen LogP contribution in [0, 0.1) is 5.82 Å². The number of anilines is 1. The van der Waals surface area contributed by atoms with E-state index in [1.54, 1.807) is 0 Å². The average Bonchev–Trinajstić information content (AvgIpc) is 2.91.